The Labute approximate surface area is 193 Å². The summed E-state index contributed by atoms with van der Waals surface area (Å²) in [5, 5.41) is 9.56. The van der Waals surface area contributed by atoms with E-state index in [9.17, 15) is 4.79 Å². The van der Waals surface area contributed by atoms with Crippen LogP contribution < -0.4 is 5.32 Å². The molecule has 2 aromatic carbocycles. The van der Waals surface area contributed by atoms with Crippen LogP contribution in [0.25, 0.3) is 16.6 Å². The van der Waals surface area contributed by atoms with Gasteiger partial charge in [-0.05, 0) is 55.0 Å². The van der Waals surface area contributed by atoms with Crippen LogP contribution in [0, 0.1) is 0 Å². The van der Waals surface area contributed by atoms with Crippen LogP contribution in [0.4, 0.5) is 0 Å². The topological polar surface area (TPSA) is 59.8 Å². The van der Waals surface area contributed by atoms with Gasteiger partial charge in [0.15, 0.2) is 0 Å². The number of aromatic nitrogens is 3. The number of nitrogens with one attached hydrogen (secondary N) is 1. The molecule has 0 radical (unpaired) electrons. The maximum absolute atomic E-state index is 13.0. The lowest BCUT2D eigenvalue weighted by atomic mass is 9.92. The van der Waals surface area contributed by atoms with Crippen LogP contribution >= 0.6 is 11.6 Å². The van der Waals surface area contributed by atoms with Crippen molar-refractivity contribution in [3.8, 4) is 5.69 Å². The molecule has 1 unspecified atom stereocenters. The van der Waals surface area contributed by atoms with Gasteiger partial charge in [0.25, 0.3) is 0 Å². The number of nitrogens with zero attached hydrogens (tertiary/aromatic N) is 3. The highest BCUT2D eigenvalue weighted by Gasteiger charge is 2.22. The summed E-state index contributed by atoms with van der Waals surface area (Å²) in [6, 6.07) is 19.5. The minimum atomic E-state index is -0.288. The fourth-order valence-corrected chi connectivity index (χ4v) is 3.77. The molecule has 0 saturated carbocycles. The first-order valence-electron chi connectivity index (χ1n) is 10.7. The molecular weight excluding hydrogens is 420 g/mol. The summed E-state index contributed by atoms with van der Waals surface area (Å²) in [7, 11) is 0. The van der Waals surface area contributed by atoms with E-state index in [2.05, 4.69) is 31.1 Å². The van der Waals surface area contributed by atoms with Gasteiger partial charge >= 0.3 is 0 Å². The first-order valence-corrected chi connectivity index (χ1v) is 11.1. The van der Waals surface area contributed by atoms with E-state index in [4.69, 9.17) is 16.7 Å². The summed E-state index contributed by atoms with van der Waals surface area (Å²) in [6.45, 7) is 8.65. The Hall–Kier alpha value is -3.18. The second kappa shape index (κ2) is 8.75. The molecule has 1 amide bonds. The Morgan fingerprint density at radius 3 is 2.66 bits per heavy atom. The van der Waals surface area contributed by atoms with Gasteiger partial charge in [-0.1, -0.05) is 50.6 Å². The van der Waals surface area contributed by atoms with E-state index in [1.54, 1.807) is 6.20 Å². The zero-order valence-electron chi connectivity index (χ0n) is 18.8. The summed E-state index contributed by atoms with van der Waals surface area (Å²) in [6.07, 6.45) is 1.77. The quantitative estimate of drug-likeness (QED) is 0.422. The van der Waals surface area contributed by atoms with Crippen LogP contribution in [0.5, 0.6) is 0 Å². The fraction of sp³-hybridized carbons (Fsp3) is 0.269. The van der Waals surface area contributed by atoms with E-state index in [0.29, 0.717) is 11.6 Å². The Kier molecular flexibility index (Phi) is 6.02. The number of rotatable bonds is 5. The number of pyridine rings is 1. The van der Waals surface area contributed by atoms with Crippen molar-refractivity contribution in [3.63, 3.8) is 0 Å². The molecule has 1 N–H and O–H groups in total. The molecule has 6 heteroatoms. The van der Waals surface area contributed by atoms with E-state index in [-0.39, 0.29) is 17.2 Å². The second-order valence-corrected chi connectivity index (χ2v) is 9.49. The SMILES string of the molecule is CC(C(=O)NCc1cc(C(C)(C)C)nn1-c1cccc(Cl)c1)c1ccc2ncccc2c1. The molecule has 4 aromatic rings. The van der Waals surface area contributed by atoms with Gasteiger partial charge in [-0.2, -0.15) is 5.10 Å². The molecule has 2 heterocycles. The lowest BCUT2D eigenvalue weighted by Crippen LogP contribution is -2.28. The second-order valence-electron chi connectivity index (χ2n) is 9.06. The molecule has 4 rings (SSSR count). The average Bonchev–Trinajstić information content (AvgIpc) is 3.21. The van der Waals surface area contributed by atoms with Gasteiger partial charge in [-0.15, -0.1) is 0 Å². The van der Waals surface area contributed by atoms with Crippen LogP contribution in [0.1, 0.15) is 50.6 Å². The van der Waals surface area contributed by atoms with Crippen LogP contribution in [-0.2, 0) is 16.8 Å². The zero-order valence-corrected chi connectivity index (χ0v) is 19.5. The van der Waals surface area contributed by atoms with E-state index >= 15 is 0 Å². The van der Waals surface area contributed by atoms with Crippen LogP contribution in [0.2, 0.25) is 5.02 Å². The molecule has 5 nitrogen and oxygen atoms in total. The first kappa shape index (κ1) is 22.0. The summed E-state index contributed by atoms with van der Waals surface area (Å²) >= 11 is 6.21. The van der Waals surface area contributed by atoms with E-state index in [1.807, 2.05) is 72.3 Å². The molecule has 32 heavy (non-hydrogen) atoms. The van der Waals surface area contributed by atoms with Gasteiger partial charge < -0.3 is 5.32 Å². The molecule has 164 valence electrons. The van der Waals surface area contributed by atoms with Crippen LogP contribution in [0.15, 0.2) is 66.9 Å². The van der Waals surface area contributed by atoms with Gasteiger partial charge in [-0.3, -0.25) is 9.78 Å². The number of amides is 1. The van der Waals surface area contributed by atoms with Gasteiger partial charge in [-0.25, -0.2) is 4.68 Å². The fourth-order valence-electron chi connectivity index (χ4n) is 3.59. The number of carbonyl (C=O) groups excluding carboxylic acids is 1. The van der Waals surface area contributed by atoms with Crippen molar-refractivity contribution < 1.29 is 4.79 Å². The molecule has 0 aliphatic carbocycles. The molecule has 0 aliphatic rings. The highest BCUT2D eigenvalue weighted by atomic mass is 35.5. The third-order valence-corrected chi connectivity index (χ3v) is 5.80. The largest absolute Gasteiger partial charge is 0.350 e. The number of halogens is 1. The summed E-state index contributed by atoms with van der Waals surface area (Å²) in [4.78, 5) is 17.3. The Bertz CT molecular complexity index is 1270. The van der Waals surface area contributed by atoms with Crippen molar-refractivity contribution >= 4 is 28.4 Å². The molecule has 0 saturated heterocycles. The third kappa shape index (κ3) is 4.68. The Morgan fingerprint density at radius 1 is 1.09 bits per heavy atom. The molecule has 0 fully saturated rings. The number of benzene rings is 2. The molecule has 1 atom stereocenters. The van der Waals surface area contributed by atoms with Crippen molar-refractivity contribution in [3.05, 3.63) is 88.8 Å². The lowest BCUT2D eigenvalue weighted by molar-refractivity contribution is -0.122. The van der Waals surface area contributed by atoms with Crippen molar-refractivity contribution in [1.82, 2.24) is 20.1 Å². The predicted molar refractivity (Wildman–Crippen MR) is 129 cm³/mol. The molecule has 0 aliphatic heterocycles. The van der Waals surface area contributed by atoms with E-state index < -0.39 is 0 Å². The number of fused-ring (bicyclic) bond motifs is 1. The van der Waals surface area contributed by atoms with Crippen molar-refractivity contribution in [1.29, 1.82) is 0 Å². The van der Waals surface area contributed by atoms with E-state index in [1.165, 1.54) is 0 Å². The monoisotopic (exact) mass is 446 g/mol. The minimum Gasteiger partial charge on any atom is -0.350 e. The Balaban J connectivity index is 1.56. The van der Waals surface area contributed by atoms with Crippen LogP contribution in [0.3, 0.4) is 0 Å². The van der Waals surface area contributed by atoms with Gasteiger partial charge in [0.1, 0.15) is 0 Å². The van der Waals surface area contributed by atoms with E-state index in [0.717, 1.165) is 33.5 Å². The predicted octanol–water partition coefficient (Wildman–Crippen LogP) is 5.79. The number of hydrogen-bond acceptors (Lipinski definition) is 3. The summed E-state index contributed by atoms with van der Waals surface area (Å²) in [5.41, 5.74) is 4.49. The normalized spacial score (nSPS) is 12.7. The molecular formula is C26H27ClN4O. The van der Waals surface area contributed by atoms with Crippen molar-refractivity contribution in [2.45, 2.75) is 45.6 Å². The highest BCUT2D eigenvalue weighted by Crippen LogP contribution is 2.25. The molecule has 0 spiro atoms. The minimum absolute atomic E-state index is 0.0376. The smallest absolute Gasteiger partial charge is 0.227 e. The summed E-state index contributed by atoms with van der Waals surface area (Å²) < 4.78 is 1.86. The highest BCUT2D eigenvalue weighted by molar-refractivity contribution is 6.30. The summed E-state index contributed by atoms with van der Waals surface area (Å²) in [5.74, 6) is -0.325. The van der Waals surface area contributed by atoms with Gasteiger partial charge in [0.05, 0.1) is 35.1 Å². The van der Waals surface area contributed by atoms with Crippen molar-refractivity contribution in [2.24, 2.45) is 0 Å². The van der Waals surface area contributed by atoms with Gasteiger partial charge in [0.2, 0.25) is 5.91 Å². The Morgan fingerprint density at radius 2 is 1.91 bits per heavy atom. The zero-order chi connectivity index (χ0) is 22.9. The molecule has 0 bridgehead atoms. The average molecular weight is 447 g/mol. The standard InChI is InChI=1S/C26H27ClN4O/c1-17(18-10-11-23-19(13-18)7-6-12-28-23)25(32)29-16-22-15-24(26(2,3)4)30-31(22)21-9-5-8-20(27)14-21/h5-15,17H,16H2,1-4H3,(H,29,32). The lowest BCUT2D eigenvalue weighted by Gasteiger charge is -2.14. The maximum Gasteiger partial charge on any atom is 0.227 e. The van der Waals surface area contributed by atoms with Crippen LogP contribution in [-0.4, -0.2) is 20.7 Å². The van der Waals surface area contributed by atoms with Gasteiger partial charge in [0, 0.05) is 22.0 Å². The third-order valence-electron chi connectivity index (χ3n) is 5.57. The van der Waals surface area contributed by atoms with Crippen molar-refractivity contribution in [2.75, 3.05) is 0 Å². The molecule has 2 aromatic heterocycles. The first-order chi connectivity index (χ1) is 15.2. The number of carbonyl (C=O) groups is 1. The maximum atomic E-state index is 13.0. The number of hydrogen-bond donors (Lipinski definition) is 1.